The minimum absolute atomic E-state index is 0.214. The van der Waals surface area contributed by atoms with Crippen LogP contribution in [-0.4, -0.2) is 45.5 Å². The van der Waals surface area contributed by atoms with Crippen LogP contribution in [0.5, 0.6) is 0 Å². The molecule has 0 atom stereocenters. The Labute approximate surface area is 109 Å². The van der Waals surface area contributed by atoms with Crippen molar-refractivity contribution in [2.45, 2.75) is 13.0 Å². The van der Waals surface area contributed by atoms with Gasteiger partial charge in [-0.2, -0.15) is 0 Å². The highest BCUT2D eigenvalue weighted by atomic mass is 32.2. The summed E-state index contributed by atoms with van der Waals surface area (Å²) in [7, 11) is -0.922. The molecule has 0 fully saturated rings. The van der Waals surface area contributed by atoms with Gasteiger partial charge >= 0.3 is 0 Å². The van der Waals surface area contributed by atoms with Crippen molar-refractivity contribution in [3.63, 3.8) is 0 Å². The maximum Gasteiger partial charge on any atom is 0.148 e. The maximum atomic E-state index is 11.1. The van der Waals surface area contributed by atoms with Crippen molar-refractivity contribution < 1.29 is 8.42 Å². The summed E-state index contributed by atoms with van der Waals surface area (Å²) in [4.78, 5) is 2.05. The predicted molar refractivity (Wildman–Crippen MR) is 74.7 cm³/mol. The second-order valence-electron chi connectivity index (χ2n) is 5.00. The number of rotatable bonds is 5. The Bertz CT molecular complexity index is 526. The van der Waals surface area contributed by atoms with Gasteiger partial charge in [-0.25, -0.2) is 8.42 Å². The lowest BCUT2D eigenvalue weighted by Crippen LogP contribution is -2.25. The minimum atomic E-state index is -2.88. The van der Waals surface area contributed by atoms with Crippen molar-refractivity contribution in [3.05, 3.63) is 29.3 Å². The van der Waals surface area contributed by atoms with Crippen LogP contribution in [-0.2, 0) is 22.8 Å². The summed E-state index contributed by atoms with van der Waals surface area (Å²) in [6.07, 6.45) is 2.36. The van der Waals surface area contributed by atoms with Crippen molar-refractivity contribution in [3.8, 4) is 0 Å². The monoisotopic (exact) mass is 268 g/mol. The van der Waals surface area contributed by atoms with Crippen LogP contribution in [0.2, 0.25) is 0 Å². The molecule has 2 rings (SSSR count). The highest BCUT2D eigenvalue weighted by Crippen LogP contribution is 2.27. The van der Waals surface area contributed by atoms with Gasteiger partial charge in [0.15, 0.2) is 0 Å². The summed E-state index contributed by atoms with van der Waals surface area (Å²) < 4.78 is 22.3. The standard InChI is InChI=1S/C13H20N2O2S/c1-15(8-9-18(2,16)17)10-12-5-3-4-11-6-7-14-13(11)12/h3-5,14H,6-10H2,1-2H3. The van der Waals surface area contributed by atoms with Crippen molar-refractivity contribution in [1.82, 2.24) is 4.90 Å². The zero-order chi connectivity index (χ0) is 13.2. The lowest BCUT2D eigenvalue weighted by Gasteiger charge is -2.18. The summed E-state index contributed by atoms with van der Waals surface area (Å²) in [5.41, 5.74) is 3.86. The van der Waals surface area contributed by atoms with E-state index in [4.69, 9.17) is 0 Å². The Balaban J connectivity index is 2.00. The molecule has 18 heavy (non-hydrogen) atoms. The van der Waals surface area contributed by atoms with E-state index >= 15 is 0 Å². The van der Waals surface area contributed by atoms with Gasteiger partial charge in [0.2, 0.25) is 0 Å². The van der Waals surface area contributed by atoms with Crippen LogP contribution in [0.15, 0.2) is 18.2 Å². The van der Waals surface area contributed by atoms with Crippen LogP contribution < -0.4 is 5.32 Å². The van der Waals surface area contributed by atoms with E-state index in [0.717, 1.165) is 19.5 Å². The molecule has 0 spiro atoms. The van der Waals surface area contributed by atoms with E-state index in [1.807, 2.05) is 7.05 Å². The van der Waals surface area contributed by atoms with Gasteiger partial charge in [-0.15, -0.1) is 0 Å². The van der Waals surface area contributed by atoms with Crippen molar-refractivity contribution in [2.24, 2.45) is 0 Å². The van der Waals surface area contributed by atoms with E-state index in [2.05, 4.69) is 28.4 Å². The quantitative estimate of drug-likeness (QED) is 0.870. The molecular formula is C13H20N2O2S. The fraction of sp³-hybridized carbons (Fsp3) is 0.538. The van der Waals surface area contributed by atoms with Gasteiger partial charge in [0, 0.05) is 31.6 Å². The minimum Gasteiger partial charge on any atom is -0.384 e. The van der Waals surface area contributed by atoms with E-state index in [-0.39, 0.29) is 5.75 Å². The Hall–Kier alpha value is -1.07. The second kappa shape index (κ2) is 5.28. The zero-order valence-corrected chi connectivity index (χ0v) is 11.8. The maximum absolute atomic E-state index is 11.1. The van der Waals surface area contributed by atoms with Crippen LogP contribution in [0.25, 0.3) is 0 Å². The molecule has 1 aliphatic rings. The first-order valence-corrected chi connectivity index (χ1v) is 8.23. The van der Waals surface area contributed by atoms with Crippen LogP contribution in [0, 0.1) is 0 Å². The lowest BCUT2D eigenvalue weighted by molar-refractivity contribution is 0.347. The summed E-state index contributed by atoms with van der Waals surface area (Å²) in [5, 5.41) is 3.40. The lowest BCUT2D eigenvalue weighted by atomic mass is 10.1. The first-order valence-electron chi connectivity index (χ1n) is 6.16. The highest BCUT2D eigenvalue weighted by Gasteiger charge is 2.15. The molecule has 100 valence electrons. The van der Waals surface area contributed by atoms with E-state index in [1.54, 1.807) is 0 Å². The van der Waals surface area contributed by atoms with E-state index < -0.39 is 9.84 Å². The molecule has 0 radical (unpaired) electrons. The molecular weight excluding hydrogens is 248 g/mol. The number of nitrogens with zero attached hydrogens (tertiary/aromatic N) is 1. The fourth-order valence-corrected chi connectivity index (χ4v) is 2.88. The van der Waals surface area contributed by atoms with Gasteiger partial charge in [0.05, 0.1) is 5.75 Å². The van der Waals surface area contributed by atoms with Crippen LogP contribution in [0.4, 0.5) is 5.69 Å². The Morgan fingerprint density at radius 3 is 2.89 bits per heavy atom. The molecule has 1 heterocycles. The molecule has 0 amide bonds. The molecule has 1 aliphatic heterocycles. The number of hydrogen-bond donors (Lipinski definition) is 1. The number of benzene rings is 1. The summed E-state index contributed by atoms with van der Waals surface area (Å²) in [6, 6.07) is 6.33. The normalized spacial score (nSPS) is 14.6. The average Bonchev–Trinajstić information content (AvgIpc) is 2.74. The van der Waals surface area contributed by atoms with Gasteiger partial charge in [-0.3, -0.25) is 0 Å². The SMILES string of the molecule is CN(CCS(C)(=O)=O)Cc1cccc2c1NCC2. The van der Waals surface area contributed by atoms with Crippen molar-refractivity contribution >= 4 is 15.5 Å². The van der Waals surface area contributed by atoms with Gasteiger partial charge in [0.25, 0.3) is 0 Å². The molecule has 4 nitrogen and oxygen atoms in total. The van der Waals surface area contributed by atoms with Crippen molar-refractivity contribution in [2.75, 3.05) is 37.5 Å². The third-order valence-electron chi connectivity index (χ3n) is 3.22. The highest BCUT2D eigenvalue weighted by molar-refractivity contribution is 7.90. The number of hydrogen-bond acceptors (Lipinski definition) is 4. The third-order valence-corrected chi connectivity index (χ3v) is 4.14. The smallest absolute Gasteiger partial charge is 0.148 e. The van der Waals surface area contributed by atoms with Gasteiger partial charge in [-0.1, -0.05) is 18.2 Å². The Morgan fingerprint density at radius 1 is 1.39 bits per heavy atom. The molecule has 1 aromatic carbocycles. The molecule has 0 aliphatic carbocycles. The van der Waals surface area contributed by atoms with Crippen molar-refractivity contribution in [1.29, 1.82) is 0 Å². The first-order chi connectivity index (χ1) is 8.46. The number of anilines is 1. The third kappa shape index (κ3) is 3.46. The molecule has 5 heteroatoms. The van der Waals surface area contributed by atoms with Crippen LogP contribution >= 0.6 is 0 Å². The fourth-order valence-electron chi connectivity index (χ4n) is 2.23. The Morgan fingerprint density at radius 2 is 2.17 bits per heavy atom. The summed E-state index contributed by atoms with van der Waals surface area (Å²) >= 11 is 0. The number of nitrogens with one attached hydrogen (secondary N) is 1. The summed E-state index contributed by atoms with van der Waals surface area (Å²) in [5.74, 6) is 0.214. The average molecular weight is 268 g/mol. The second-order valence-corrected chi connectivity index (χ2v) is 7.26. The topological polar surface area (TPSA) is 49.4 Å². The molecule has 0 bridgehead atoms. The van der Waals surface area contributed by atoms with Gasteiger partial charge in [-0.05, 0) is 24.6 Å². The largest absolute Gasteiger partial charge is 0.384 e. The van der Waals surface area contributed by atoms with Gasteiger partial charge in [0.1, 0.15) is 9.84 Å². The number of fused-ring (bicyclic) bond motifs is 1. The van der Waals surface area contributed by atoms with Gasteiger partial charge < -0.3 is 10.2 Å². The molecule has 1 N–H and O–H groups in total. The van der Waals surface area contributed by atoms with E-state index in [9.17, 15) is 8.42 Å². The molecule has 0 unspecified atom stereocenters. The zero-order valence-electron chi connectivity index (χ0n) is 10.9. The van der Waals surface area contributed by atoms with Crippen LogP contribution in [0.1, 0.15) is 11.1 Å². The molecule has 0 aromatic heterocycles. The number of sulfone groups is 1. The molecule has 0 saturated heterocycles. The number of para-hydroxylation sites is 1. The molecule has 0 saturated carbocycles. The first kappa shape index (κ1) is 13.4. The predicted octanol–water partition coefficient (Wildman–Crippen LogP) is 1.13. The van der Waals surface area contributed by atoms with E-state index in [0.29, 0.717) is 6.54 Å². The van der Waals surface area contributed by atoms with Crippen LogP contribution in [0.3, 0.4) is 0 Å². The van der Waals surface area contributed by atoms with E-state index in [1.165, 1.54) is 23.1 Å². The molecule has 1 aromatic rings. The Kier molecular flexibility index (Phi) is 3.92. The summed E-state index contributed by atoms with van der Waals surface area (Å²) in [6.45, 7) is 2.35.